The second-order valence-electron chi connectivity index (χ2n) is 6.50. The zero-order valence-electron chi connectivity index (χ0n) is 12.2. The summed E-state index contributed by atoms with van der Waals surface area (Å²) in [5.74, 6) is 0.730. The fourth-order valence-corrected chi connectivity index (χ4v) is 4.90. The summed E-state index contributed by atoms with van der Waals surface area (Å²) in [5.41, 5.74) is 1.79. The average molecular weight is 279 g/mol. The first-order chi connectivity index (χ1) is 9.14. The SMILES string of the molecule is CCc1ccsc1CNC1C2CCCOC2C1(C)C. The Balaban J connectivity index is 1.63. The minimum atomic E-state index is 0.286. The molecule has 1 N–H and O–H groups in total. The van der Waals surface area contributed by atoms with E-state index in [0.29, 0.717) is 12.1 Å². The van der Waals surface area contributed by atoms with E-state index in [2.05, 4.69) is 37.5 Å². The molecular formula is C16H25NOS. The van der Waals surface area contributed by atoms with E-state index in [-0.39, 0.29) is 5.41 Å². The van der Waals surface area contributed by atoms with Crippen LogP contribution in [-0.2, 0) is 17.7 Å². The molecule has 2 fully saturated rings. The van der Waals surface area contributed by atoms with Gasteiger partial charge in [0, 0.05) is 35.4 Å². The molecule has 2 heterocycles. The Bertz CT molecular complexity index is 440. The Morgan fingerprint density at radius 1 is 1.47 bits per heavy atom. The quantitative estimate of drug-likeness (QED) is 0.909. The third-order valence-corrected chi connectivity index (χ3v) is 6.00. The zero-order valence-corrected chi connectivity index (χ0v) is 13.1. The number of rotatable bonds is 4. The van der Waals surface area contributed by atoms with Crippen LogP contribution in [0.4, 0.5) is 0 Å². The number of ether oxygens (including phenoxy) is 1. The first-order valence-electron chi connectivity index (χ1n) is 7.54. The Morgan fingerprint density at radius 2 is 2.32 bits per heavy atom. The van der Waals surface area contributed by atoms with Crippen LogP contribution in [0.15, 0.2) is 11.4 Å². The maximum absolute atomic E-state index is 5.97. The van der Waals surface area contributed by atoms with Gasteiger partial charge in [0.1, 0.15) is 0 Å². The number of hydrogen-bond acceptors (Lipinski definition) is 3. The molecule has 106 valence electrons. The van der Waals surface area contributed by atoms with Crippen LogP contribution in [0.1, 0.15) is 44.1 Å². The lowest BCUT2D eigenvalue weighted by Gasteiger charge is -2.60. The first-order valence-corrected chi connectivity index (χ1v) is 8.42. The van der Waals surface area contributed by atoms with Crippen LogP contribution in [0.3, 0.4) is 0 Å². The van der Waals surface area contributed by atoms with Crippen LogP contribution < -0.4 is 5.32 Å². The maximum atomic E-state index is 5.97. The summed E-state index contributed by atoms with van der Waals surface area (Å²) in [5, 5.41) is 6.03. The highest BCUT2D eigenvalue weighted by molar-refractivity contribution is 7.10. The van der Waals surface area contributed by atoms with E-state index < -0.39 is 0 Å². The minimum Gasteiger partial charge on any atom is -0.377 e. The molecule has 3 atom stereocenters. The molecule has 1 saturated carbocycles. The van der Waals surface area contributed by atoms with Crippen molar-refractivity contribution >= 4 is 11.3 Å². The number of nitrogens with one attached hydrogen (secondary N) is 1. The van der Waals surface area contributed by atoms with E-state index in [4.69, 9.17) is 4.74 Å². The Kier molecular flexibility index (Phi) is 3.71. The number of aryl methyl sites for hydroxylation is 1. The molecule has 0 spiro atoms. The summed E-state index contributed by atoms with van der Waals surface area (Å²) in [6.45, 7) is 8.93. The average Bonchev–Trinajstić information content (AvgIpc) is 2.86. The molecule has 19 heavy (non-hydrogen) atoms. The smallest absolute Gasteiger partial charge is 0.0684 e. The highest BCUT2D eigenvalue weighted by Gasteiger charge is 2.57. The molecule has 0 aromatic carbocycles. The summed E-state index contributed by atoms with van der Waals surface area (Å²) < 4.78 is 5.97. The predicted octanol–water partition coefficient (Wildman–Crippen LogP) is 3.60. The first kappa shape index (κ1) is 13.6. The fourth-order valence-electron chi connectivity index (χ4n) is 3.98. The lowest BCUT2D eigenvalue weighted by atomic mass is 9.55. The van der Waals surface area contributed by atoms with E-state index in [1.807, 2.05) is 11.3 Å². The number of thiophene rings is 1. The van der Waals surface area contributed by atoms with E-state index in [1.165, 1.54) is 23.3 Å². The highest BCUT2D eigenvalue weighted by atomic mass is 32.1. The summed E-state index contributed by atoms with van der Waals surface area (Å²) in [4.78, 5) is 1.51. The minimum absolute atomic E-state index is 0.286. The fraction of sp³-hybridized carbons (Fsp3) is 0.750. The van der Waals surface area contributed by atoms with Gasteiger partial charge in [-0.2, -0.15) is 0 Å². The van der Waals surface area contributed by atoms with Gasteiger partial charge in [-0.25, -0.2) is 0 Å². The highest BCUT2D eigenvalue weighted by Crippen LogP contribution is 2.51. The van der Waals surface area contributed by atoms with Crippen LogP contribution in [0.25, 0.3) is 0 Å². The van der Waals surface area contributed by atoms with Crippen LogP contribution in [0, 0.1) is 11.3 Å². The molecular weight excluding hydrogens is 254 g/mol. The van der Waals surface area contributed by atoms with E-state index in [9.17, 15) is 0 Å². The second kappa shape index (κ2) is 5.19. The van der Waals surface area contributed by atoms with Crippen molar-refractivity contribution in [1.29, 1.82) is 0 Å². The molecule has 3 rings (SSSR count). The Labute approximate surface area is 120 Å². The van der Waals surface area contributed by atoms with Crippen LogP contribution in [0.2, 0.25) is 0 Å². The lowest BCUT2D eigenvalue weighted by molar-refractivity contribution is -0.192. The molecule has 1 aliphatic heterocycles. The Morgan fingerprint density at radius 3 is 3.11 bits per heavy atom. The number of hydrogen-bond donors (Lipinski definition) is 1. The van der Waals surface area contributed by atoms with Gasteiger partial charge < -0.3 is 10.1 Å². The van der Waals surface area contributed by atoms with Crippen LogP contribution in [-0.4, -0.2) is 18.8 Å². The van der Waals surface area contributed by atoms with Gasteiger partial charge in [-0.05, 0) is 36.3 Å². The standard InChI is InChI=1S/C16H25NOS/c1-4-11-7-9-19-13(11)10-17-14-12-6-5-8-18-15(12)16(14,2)3/h7,9,12,14-15,17H,4-6,8,10H2,1-3H3. The van der Waals surface area contributed by atoms with Gasteiger partial charge in [-0.1, -0.05) is 20.8 Å². The van der Waals surface area contributed by atoms with Crippen molar-refractivity contribution in [3.8, 4) is 0 Å². The summed E-state index contributed by atoms with van der Waals surface area (Å²) in [6, 6.07) is 2.88. The van der Waals surface area contributed by atoms with Gasteiger partial charge in [0.15, 0.2) is 0 Å². The molecule has 2 nitrogen and oxygen atoms in total. The monoisotopic (exact) mass is 279 g/mol. The molecule has 1 aromatic rings. The van der Waals surface area contributed by atoms with E-state index in [0.717, 1.165) is 25.5 Å². The zero-order chi connectivity index (χ0) is 13.5. The van der Waals surface area contributed by atoms with E-state index >= 15 is 0 Å². The molecule has 0 bridgehead atoms. The van der Waals surface area contributed by atoms with Crippen molar-refractivity contribution in [3.05, 3.63) is 21.9 Å². The van der Waals surface area contributed by atoms with Crippen LogP contribution >= 0.6 is 11.3 Å². The van der Waals surface area contributed by atoms with Crippen molar-refractivity contribution in [2.24, 2.45) is 11.3 Å². The Hall–Kier alpha value is -0.380. The van der Waals surface area contributed by atoms with Crippen molar-refractivity contribution < 1.29 is 4.74 Å². The topological polar surface area (TPSA) is 21.3 Å². The molecule has 2 aliphatic rings. The van der Waals surface area contributed by atoms with Gasteiger partial charge in [-0.3, -0.25) is 0 Å². The molecule has 0 amide bonds. The second-order valence-corrected chi connectivity index (χ2v) is 7.50. The normalized spacial score (nSPS) is 32.7. The largest absolute Gasteiger partial charge is 0.377 e. The van der Waals surface area contributed by atoms with Gasteiger partial charge in [0.05, 0.1) is 6.10 Å². The van der Waals surface area contributed by atoms with E-state index in [1.54, 1.807) is 0 Å². The predicted molar refractivity (Wildman–Crippen MR) is 80.6 cm³/mol. The lowest BCUT2D eigenvalue weighted by Crippen LogP contribution is -2.69. The van der Waals surface area contributed by atoms with Gasteiger partial charge in [-0.15, -0.1) is 11.3 Å². The van der Waals surface area contributed by atoms with Gasteiger partial charge >= 0.3 is 0 Å². The third-order valence-electron chi connectivity index (χ3n) is 5.03. The molecule has 3 heteroatoms. The summed E-state index contributed by atoms with van der Waals surface area (Å²) in [7, 11) is 0. The van der Waals surface area contributed by atoms with Crippen molar-refractivity contribution in [3.63, 3.8) is 0 Å². The molecule has 1 aromatic heterocycles. The molecule has 1 aliphatic carbocycles. The van der Waals surface area contributed by atoms with Gasteiger partial charge in [0.2, 0.25) is 0 Å². The van der Waals surface area contributed by atoms with Crippen molar-refractivity contribution in [2.75, 3.05) is 6.61 Å². The molecule has 1 saturated heterocycles. The van der Waals surface area contributed by atoms with Gasteiger partial charge in [0.25, 0.3) is 0 Å². The van der Waals surface area contributed by atoms with Crippen molar-refractivity contribution in [1.82, 2.24) is 5.32 Å². The summed E-state index contributed by atoms with van der Waals surface area (Å²) in [6.07, 6.45) is 4.18. The third kappa shape index (κ3) is 2.26. The van der Waals surface area contributed by atoms with Crippen molar-refractivity contribution in [2.45, 2.75) is 58.7 Å². The van der Waals surface area contributed by atoms with Crippen LogP contribution in [0.5, 0.6) is 0 Å². The molecule has 3 unspecified atom stereocenters. The number of fused-ring (bicyclic) bond motifs is 1. The summed E-state index contributed by atoms with van der Waals surface area (Å²) >= 11 is 1.89. The molecule has 0 radical (unpaired) electrons. The maximum Gasteiger partial charge on any atom is 0.0684 e.